The standard InChI is InChI=1S/C23H25N3O6S/c1-5-32-18-9-6-14(10-20(18)31-4)22(28)26-25-21(27)12-16-13-33-23(24-16)15-7-8-17(29-2)19(11-15)30-3/h6-11,13H,5,12H2,1-4H3,(H,25,27)(H,26,28). The zero-order valence-electron chi connectivity index (χ0n) is 18.8. The van der Waals surface area contributed by atoms with Crippen LogP contribution in [0.3, 0.4) is 0 Å². The molecule has 0 unspecified atom stereocenters. The number of aromatic nitrogens is 1. The highest BCUT2D eigenvalue weighted by Gasteiger charge is 2.14. The van der Waals surface area contributed by atoms with Crippen LogP contribution in [0.1, 0.15) is 23.0 Å². The van der Waals surface area contributed by atoms with Gasteiger partial charge in [-0.3, -0.25) is 20.4 Å². The van der Waals surface area contributed by atoms with Crippen LogP contribution in [0.25, 0.3) is 10.6 Å². The number of nitrogens with zero attached hydrogens (tertiary/aromatic N) is 1. The normalized spacial score (nSPS) is 10.3. The van der Waals surface area contributed by atoms with E-state index < -0.39 is 11.8 Å². The molecule has 0 fully saturated rings. The molecule has 10 heteroatoms. The summed E-state index contributed by atoms with van der Waals surface area (Å²) in [6.07, 6.45) is 0.0106. The number of methoxy groups -OCH3 is 3. The maximum absolute atomic E-state index is 12.4. The second kappa shape index (κ2) is 11.2. The molecule has 3 aromatic rings. The van der Waals surface area contributed by atoms with Gasteiger partial charge in [0, 0.05) is 16.5 Å². The zero-order chi connectivity index (χ0) is 23.8. The molecule has 3 rings (SSSR count). The molecule has 174 valence electrons. The van der Waals surface area contributed by atoms with Gasteiger partial charge in [0.15, 0.2) is 23.0 Å². The maximum Gasteiger partial charge on any atom is 0.269 e. The first-order valence-electron chi connectivity index (χ1n) is 10.1. The number of hydrogen-bond donors (Lipinski definition) is 2. The minimum absolute atomic E-state index is 0.0106. The van der Waals surface area contributed by atoms with Crippen LogP contribution < -0.4 is 29.8 Å². The number of ether oxygens (including phenoxy) is 4. The Morgan fingerprint density at radius 2 is 1.61 bits per heavy atom. The Morgan fingerprint density at radius 3 is 2.30 bits per heavy atom. The average Bonchev–Trinajstić information content (AvgIpc) is 3.30. The number of hydrazine groups is 1. The van der Waals surface area contributed by atoms with Gasteiger partial charge in [0.25, 0.3) is 5.91 Å². The molecule has 0 aliphatic carbocycles. The fraction of sp³-hybridized carbons (Fsp3) is 0.261. The van der Waals surface area contributed by atoms with E-state index in [2.05, 4.69) is 15.8 Å². The average molecular weight is 472 g/mol. The van der Waals surface area contributed by atoms with Crippen LogP contribution in [0.15, 0.2) is 41.8 Å². The molecule has 9 nitrogen and oxygen atoms in total. The van der Waals surface area contributed by atoms with Gasteiger partial charge in [-0.05, 0) is 43.3 Å². The van der Waals surface area contributed by atoms with Crippen LogP contribution in [0, 0.1) is 0 Å². The first-order valence-corrected chi connectivity index (χ1v) is 10.9. The maximum atomic E-state index is 12.4. The number of benzene rings is 2. The van der Waals surface area contributed by atoms with Gasteiger partial charge in [-0.15, -0.1) is 11.3 Å². The van der Waals surface area contributed by atoms with Crippen molar-refractivity contribution in [2.24, 2.45) is 0 Å². The van der Waals surface area contributed by atoms with Crippen LogP contribution >= 0.6 is 11.3 Å². The summed E-state index contributed by atoms with van der Waals surface area (Å²) in [7, 11) is 4.63. The van der Waals surface area contributed by atoms with E-state index in [9.17, 15) is 9.59 Å². The minimum Gasteiger partial charge on any atom is -0.493 e. The van der Waals surface area contributed by atoms with Gasteiger partial charge >= 0.3 is 0 Å². The molecule has 2 aromatic carbocycles. The lowest BCUT2D eigenvalue weighted by atomic mass is 10.2. The summed E-state index contributed by atoms with van der Waals surface area (Å²) < 4.78 is 21.3. The number of rotatable bonds is 9. The van der Waals surface area contributed by atoms with Gasteiger partial charge in [-0.25, -0.2) is 4.98 Å². The van der Waals surface area contributed by atoms with Crippen molar-refractivity contribution in [2.45, 2.75) is 13.3 Å². The van der Waals surface area contributed by atoms with Gasteiger partial charge < -0.3 is 18.9 Å². The predicted molar refractivity (Wildman–Crippen MR) is 124 cm³/mol. The second-order valence-corrected chi connectivity index (χ2v) is 7.55. The van der Waals surface area contributed by atoms with Crippen molar-refractivity contribution in [2.75, 3.05) is 27.9 Å². The Balaban J connectivity index is 1.59. The molecule has 0 aliphatic rings. The Bertz CT molecular complexity index is 1130. The lowest BCUT2D eigenvalue weighted by Gasteiger charge is -2.11. The fourth-order valence-corrected chi connectivity index (χ4v) is 3.80. The van der Waals surface area contributed by atoms with Crippen LogP contribution in [-0.4, -0.2) is 44.7 Å². The number of hydrogen-bond acceptors (Lipinski definition) is 8. The van der Waals surface area contributed by atoms with E-state index in [0.717, 1.165) is 10.6 Å². The van der Waals surface area contributed by atoms with E-state index in [0.29, 0.717) is 40.9 Å². The lowest BCUT2D eigenvalue weighted by Crippen LogP contribution is -2.42. The zero-order valence-corrected chi connectivity index (χ0v) is 19.6. The van der Waals surface area contributed by atoms with Gasteiger partial charge in [0.1, 0.15) is 5.01 Å². The highest BCUT2D eigenvalue weighted by molar-refractivity contribution is 7.13. The molecule has 33 heavy (non-hydrogen) atoms. The van der Waals surface area contributed by atoms with Crippen molar-refractivity contribution in [3.63, 3.8) is 0 Å². The van der Waals surface area contributed by atoms with Crippen molar-refractivity contribution in [1.82, 2.24) is 15.8 Å². The van der Waals surface area contributed by atoms with Crippen LogP contribution in [-0.2, 0) is 11.2 Å². The summed E-state index contributed by atoms with van der Waals surface area (Å²) in [5.41, 5.74) is 6.56. The summed E-state index contributed by atoms with van der Waals surface area (Å²) >= 11 is 1.41. The Kier molecular flexibility index (Phi) is 8.09. The molecule has 0 spiro atoms. The topological polar surface area (TPSA) is 108 Å². The second-order valence-electron chi connectivity index (χ2n) is 6.69. The van der Waals surface area contributed by atoms with E-state index >= 15 is 0 Å². The first-order chi connectivity index (χ1) is 16.0. The lowest BCUT2D eigenvalue weighted by molar-refractivity contribution is -0.121. The van der Waals surface area contributed by atoms with E-state index in [1.54, 1.807) is 43.9 Å². The molecule has 0 atom stereocenters. The van der Waals surface area contributed by atoms with Crippen molar-refractivity contribution in [1.29, 1.82) is 0 Å². The number of thiazole rings is 1. The Morgan fingerprint density at radius 1 is 0.909 bits per heavy atom. The smallest absolute Gasteiger partial charge is 0.269 e. The monoisotopic (exact) mass is 471 g/mol. The highest BCUT2D eigenvalue weighted by atomic mass is 32.1. The number of carbonyl (C=O) groups is 2. The fourth-order valence-electron chi connectivity index (χ4n) is 2.98. The third-order valence-corrected chi connectivity index (χ3v) is 5.51. The van der Waals surface area contributed by atoms with Crippen molar-refractivity contribution < 1.29 is 28.5 Å². The van der Waals surface area contributed by atoms with E-state index in [1.165, 1.54) is 18.4 Å². The van der Waals surface area contributed by atoms with Crippen molar-refractivity contribution >= 4 is 23.2 Å². The molecular weight excluding hydrogens is 446 g/mol. The van der Waals surface area contributed by atoms with Crippen LogP contribution in [0.5, 0.6) is 23.0 Å². The van der Waals surface area contributed by atoms with Gasteiger partial charge in [0.05, 0.1) is 40.1 Å². The molecular formula is C23H25N3O6S. The van der Waals surface area contributed by atoms with Crippen LogP contribution in [0.4, 0.5) is 0 Å². The highest BCUT2D eigenvalue weighted by Crippen LogP contribution is 2.33. The Hall–Kier alpha value is -3.79. The van der Waals surface area contributed by atoms with Crippen molar-refractivity contribution in [3.8, 4) is 33.6 Å². The van der Waals surface area contributed by atoms with E-state index in [4.69, 9.17) is 18.9 Å². The minimum atomic E-state index is -0.478. The molecule has 2 amide bonds. The molecule has 0 radical (unpaired) electrons. The third kappa shape index (κ3) is 5.92. The van der Waals surface area contributed by atoms with Gasteiger partial charge in [-0.2, -0.15) is 0 Å². The van der Waals surface area contributed by atoms with Crippen LogP contribution in [0.2, 0.25) is 0 Å². The largest absolute Gasteiger partial charge is 0.493 e. The van der Waals surface area contributed by atoms with Gasteiger partial charge in [-0.1, -0.05) is 0 Å². The SMILES string of the molecule is CCOc1ccc(C(=O)NNC(=O)Cc2csc(-c3ccc(OC)c(OC)c3)n2)cc1OC. The summed E-state index contributed by atoms with van der Waals surface area (Å²) in [4.78, 5) is 29.2. The third-order valence-electron chi connectivity index (χ3n) is 4.57. The number of nitrogens with one attached hydrogen (secondary N) is 2. The predicted octanol–water partition coefficient (Wildman–Crippen LogP) is 3.24. The molecule has 0 bridgehead atoms. The molecule has 0 saturated carbocycles. The van der Waals surface area contributed by atoms with Gasteiger partial charge in [0.2, 0.25) is 5.91 Å². The Labute approximate surface area is 195 Å². The summed E-state index contributed by atoms with van der Waals surface area (Å²) in [6, 6.07) is 10.3. The van der Waals surface area contributed by atoms with E-state index in [1.807, 2.05) is 19.1 Å². The first kappa shape index (κ1) is 23.9. The molecule has 1 aromatic heterocycles. The summed E-state index contributed by atoms with van der Waals surface area (Å²) in [5.74, 6) is 1.31. The number of amides is 2. The molecule has 0 saturated heterocycles. The van der Waals surface area contributed by atoms with Crippen molar-refractivity contribution in [3.05, 3.63) is 53.0 Å². The molecule has 1 heterocycles. The quantitative estimate of drug-likeness (QED) is 0.461. The molecule has 0 aliphatic heterocycles. The van der Waals surface area contributed by atoms with E-state index in [-0.39, 0.29) is 6.42 Å². The summed E-state index contributed by atoms with van der Waals surface area (Å²) in [6.45, 7) is 2.33. The molecule has 2 N–H and O–H groups in total. The number of carbonyl (C=O) groups excluding carboxylic acids is 2. The summed E-state index contributed by atoms with van der Waals surface area (Å²) in [5, 5.41) is 2.54.